The van der Waals surface area contributed by atoms with E-state index >= 15 is 0 Å². The summed E-state index contributed by atoms with van der Waals surface area (Å²) < 4.78 is 35.8. The third-order valence-corrected chi connectivity index (χ3v) is 6.46. The Bertz CT molecular complexity index is 393. The van der Waals surface area contributed by atoms with Crippen LogP contribution in [0.4, 0.5) is 0 Å². The molecule has 1 aliphatic carbocycles. The van der Waals surface area contributed by atoms with E-state index in [0.717, 1.165) is 25.7 Å². The van der Waals surface area contributed by atoms with Gasteiger partial charge in [0.1, 0.15) is 8.96 Å². The summed E-state index contributed by atoms with van der Waals surface area (Å²) in [6, 6.07) is -0.217. The number of hydroxylamine groups is 1. The number of nitrogens with one attached hydrogen (secondary N) is 2. The highest BCUT2D eigenvalue weighted by Crippen LogP contribution is 2.62. The van der Waals surface area contributed by atoms with E-state index in [2.05, 4.69) is 23.8 Å². The van der Waals surface area contributed by atoms with Crippen LogP contribution in [0.15, 0.2) is 0 Å². The van der Waals surface area contributed by atoms with E-state index in [1.807, 2.05) is 0 Å². The van der Waals surface area contributed by atoms with Crippen molar-refractivity contribution in [1.82, 2.24) is 10.6 Å². The van der Waals surface area contributed by atoms with Crippen molar-refractivity contribution >= 4 is 24.6 Å². The normalized spacial score (nSPS) is 48.6. The summed E-state index contributed by atoms with van der Waals surface area (Å²) in [5.41, 5.74) is 2.44. The van der Waals surface area contributed by atoms with Crippen LogP contribution in [0.3, 0.4) is 0 Å². The molecule has 4 N–H and O–H groups in total. The second-order valence-corrected chi connectivity index (χ2v) is 8.00. The quantitative estimate of drug-likeness (QED) is 0.486. The molecule has 2 fully saturated rings. The summed E-state index contributed by atoms with van der Waals surface area (Å²) >= 11 is 0. The summed E-state index contributed by atoms with van der Waals surface area (Å²) in [7, 11) is -9.76. The van der Waals surface area contributed by atoms with Gasteiger partial charge in [0, 0.05) is 12.1 Å². The van der Waals surface area contributed by atoms with Gasteiger partial charge in [-0.1, -0.05) is 12.8 Å². The van der Waals surface area contributed by atoms with Crippen molar-refractivity contribution in [1.29, 1.82) is 0 Å². The first-order valence-electron chi connectivity index (χ1n) is 5.38. The first kappa shape index (κ1) is 15.0. The summed E-state index contributed by atoms with van der Waals surface area (Å²) in [4.78, 5) is 18.4. The lowest BCUT2D eigenvalue weighted by molar-refractivity contribution is 0.0729. The minimum atomic E-state index is -4.66. The van der Waals surface area contributed by atoms with Gasteiger partial charge in [-0.05, 0) is 12.8 Å². The molecule has 3 unspecified atom stereocenters. The van der Waals surface area contributed by atoms with Crippen LogP contribution in [-0.4, -0.2) is 21.9 Å². The molecule has 2 aliphatic rings. The Balaban J connectivity index is 2.08. The predicted octanol–water partition coefficient (Wildman–Crippen LogP) is 1.16. The molecule has 1 heterocycles. The number of hydrogen-bond acceptors (Lipinski definition) is 7. The van der Waals surface area contributed by atoms with Gasteiger partial charge in [-0.2, -0.15) is 14.4 Å². The summed E-state index contributed by atoms with van der Waals surface area (Å²) in [6.07, 6.45) is 3.56. The average molecular weight is 320 g/mol. The maximum Gasteiger partial charge on any atom is 0.497 e. The van der Waals surface area contributed by atoms with Gasteiger partial charge in [0.15, 0.2) is 0 Å². The van der Waals surface area contributed by atoms with Crippen molar-refractivity contribution in [2.45, 2.75) is 37.8 Å². The average Bonchev–Trinajstić information content (AvgIpc) is 2.25. The lowest BCUT2D eigenvalue weighted by atomic mass is 9.92. The molecule has 2 rings (SSSR count). The van der Waals surface area contributed by atoms with E-state index in [1.165, 1.54) is 0 Å². The Morgan fingerprint density at radius 1 is 1.11 bits per heavy atom. The number of hydrogen-bond donors (Lipinski definition) is 4. The molecule has 106 valence electrons. The van der Waals surface area contributed by atoms with E-state index in [9.17, 15) is 14.0 Å². The van der Waals surface area contributed by atoms with Crippen LogP contribution in [0, 0.1) is 0 Å². The molecule has 0 amide bonds. The van der Waals surface area contributed by atoms with Crippen molar-refractivity contribution in [2.75, 3.05) is 0 Å². The molecule has 1 saturated carbocycles. The summed E-state index contributed by atoms with van der Waals surface area (Å²) in [5.74, 6) is 0. The smallest absolute Gasteiger partial charge is 0.302 e. The molecular weight excluding hydrogens is 305 g/mol. The highest BCUT2D eigenvalue weighted by Gasteiger charge is 2.39. The zero-order valence-electron chi connectivity index (χ0n) is 9.31. The first-order valence-corrected chi connectivity index (χ1v) is 9.28. The maximum atomic E-state index is 11.4. The van der Waals surface area contributed by atoms with Gasteiger partial charge >= 0.3 is 15.6 Å². The van der Waals surface area contributed by atoms with E-state index in [1.54, 1.807) is 0 Å². The van der Waals surface area contributed by atoms with Gasteiger partial charge in [-0.3, -0.25) is 9.40 Å². The Labute approximate surface area is 106 Å². The second kappa shape index (κ2) is 5.94. The first-order chi connectivity index (χ1) is 8.38. The van der Waals surface area contributed by atoms with Gasteiger partial charge in [0.2, 0.25) is 0 Å². The highest BCUT2D eigenvalue weighted by atomic mass is 31.3. The lowest BCUT2D eigenvalue weighted by Gasteiger charge is -2.33. The molecule has 0 radical (unpaired) electrons. The molecule has 0 aromatic rings. The van der Waals surface area contributed by atoms with E-state index in [4.69, 9.17) is 4.89 Å². The van der Waals surface area contributed by atoms with Gasteiger partial charge in [0.25, 0.3) is 0 Å². The van der Waals surface area contributed by atoms with Crippen LogP contribution in [0.2, 0.25) is 0 Å². The number of fused-ring (bicyclic) bond motifs is 1. The fourth-order valence-corrected chi connectivity index (χ4v) is 4.95. The molecule has 9 nitrogen and oxygen atoms in total. The van der Waals surface area contributed by atoms with Crippen molar-refractivity contribution < 1.29 is 32.2 Å². The Morgan fingerprint density at radius 2 is 1.78 bits per heavy atom. The molecule has 0 aromatic heterocycles. The van der Waals surface area contributed by atoms with Gasteiger partial charge in [0.05, 0.1) is 0 Å². The largest absolute Gasteiger partial charge is 0.497 e. The van der Waals surface area contributed by atoms with E-state index in [0.29, 0.717) is 0 Å². The maximum absolute atomic E-state index is 11.4. The minimum absolute atomic E-state index is 0.0461. The van der Waals surface area contributed by atoms with Crippen LogP contribution in [0.1, 0.15) is 25.7 Å². The molecule has 0 spiro atoms. The fourth-order valence-electron chi connectivity index (χ4n) is 1.90. The standard InChI is InChI=1S/C6H15N2O7P3/c9-17(10)13-7-5-3-1-2-4-6(5)8-16-14-18(11,12)15-17/h5-8,16H,1-4H2,(H,9,10)(H,11,12)/t5-,6-/m1/s1. The summed E-state index contributed by atoms with van der Waals surface area (Å²) in [6.45, 7) is 0. The van der Waals surface area contributed by atoms with Crippen LogP contribution < -0.4 is 10.6 Å². The Kier molecular flexibility index (Phi) is 4.95. The SMILES string of the molecule is O=P1(O)ON[C@@H]2CCCC[C@H]2NPOP(=O)(O)O1. The monoisotopic (exact) mass is 320 g/mol. The number of phosphoric acid groups is 2. The Morgan fingerprint density at radius 3 is 2.50 bits per heavy atom. The van der Waals surface area contributed by atoms with Gasteiger partial charge in [-0.25, -0.2) is 9.13 Å². The fraction of sp³-hybridized carbons (Fsp3) is 1.00. The Hall–Kier alpha value is 0.610. The van der Waals surface area contributed by atoms with Crippen LogP contribution in [0.5, 0.6) is 0 Å². The second-order valence-electron chi connectivity index (χ2n) is 4.06. The molecule has 5 atom stereocenters. The lowest BCUT2D eigenvalue weighted by Crippen LogP contribution is -2.47. The van der Waals surface area contributed by atoms with Crippen LogP contribution >= 0.6 is 24.6 Å². The predicted molar refractivity (Wildman–Crippen MR) is 63.5 cm³/mol. The van der Waals surface area contributed by atoms with Crippen LogP contribution in [-0.2, 0) is 22.4 Å². The molecular formula is C6H15N2O7P3. The topological polar surface area (TPSA) is 126 Å². The van der Waals surface area contributed by atoms with E-state index in [-0.39, 0.29) is 12.1 Å². The molecule has 0 aromatic carbocycles. The van der Waals surface area contributed by atoms with Crippen molar-refractivity contribution in [2.24, 2.45) is 0 Å². The van der Waals surface area contributed by atoms with Gasteiger partial charge < -0.3 is 9.79 Å². The zero-order chi connectivity index (χ0) is 13.2. The molecule has 1 aliphatic heterocycles. The number of rotatable bonds is 0. The van der Waals surface area contributed by atoms with Crippen LogP contribution in [0.25, 0.3) is 0 Å². The molecule has 12 heteroatoms. The third kappa shape index (κ3) is 4.32. The van der Waals surface area contributed by atoms with Crippen molar-refractivity contribution in [3.05, 3.63) is 0 Å². The summed E-state index contributed by atoms with van der Waals surface area (Å²) in [5, 5.41) is 2.95. The molecule has 18 heavy (non-hydrogen) atoms. The van der Waals surface area contributed by atoms with Crippen molar-refractivity contribution in [3.63, 3.8) is 0 Å². The minimum Gasteiger partial charge on any atom is -0.302 e. The van der Waals surface area contributed by atoms with E-state index < -0.39 is 24.6 Å². The van der Waals surface area contributed by atoms with Crippen molar-refractivity contribution in [3.8, 4) is 0 Å². The highest BCUT2D eigenvalue weighted by molar-refractivity contribution is 7.64. The molecule has 1 saturated heterocycles. The molecule has 0 bridgehead atoms. The zero-order valence-corrected chi connectivity index (χ0v) is 12.1. The third-order valence-electron chi connectivity index (χ3n) is 2.70. The van der Waals surface area contributed by atoms with Gasteiger partial charge in [-0.15, -0.1) is 0 Å².